The normalized spacial score (nSPS) is 11.5. The molecule has 0 aliphatic carbocycles. The fourth-order valence-electron chi connectivity index (χ4n) is 1.73. The Morgan fingerprint density at radius 2 is 2.14 bits per heavy atom. The van der Waals surface area contributed by atoms with Crippen LogP contribution in [0.5, 0.6) is 0 Å². The average Bonchev–Trinajstić information content (AvgIpc) is 2.44. The van der Waals surface area contributed by atoms with Crippen molar-refractivity contribution in [1.29, 1.82) is 0 Å². The smallest absolute Gasteiger partial charge is 0.326 e. The zero-order chi connectivity index (χ0) is 15.8. The molecule has 0 bridgehead atoms. The lowest BCUT2D eigenvalue weighted by Crippen LogP contribution is -2.47. The lowest BCUT2D eigenvalue weighted by Gasteiger charge is -2.14. The number of carboxylic acids is 1. The highest BCUT2D eigenvalue weighted by atomic mass is 16.4. The maximum Gasteiger partial charge on any atom is 0.326 e. The number of rotatable bonds is 7. The number of pyridine rings is 1. The number of carboxylic acid groups (broad SMARTS) is 1. The van der Waals surface area contributed by atoms with Gasteiger partial charge in [0.25, 0.3) is 0 Å². The Bertz CT molecular complexity index is 533. The third-order valence-corrected chi connectivity index (χ3v) is 2.79. The first kappa shape index (κ1) is 16.4. The number of hydrogen-bond donors (Lipinski definition) is 4. The molecule has 1 aromatic heterocycles. The first-order valence-corrected chi connectivity index (χ1v) is 6.42. The number of nitrogens with one attached hydrogen (secondary N) is 2. The molecule has 0 aliphatic heterocycles. The Balaban J connectivity index is 2.56. The molecule has 1 aromatic rings. The van der Waals surface area contributed by atoms with Crippen LogP contribution in [0.15, 0.2) is 18.3 Å². The van der Waals surface area contributed by atoms with Gasteiger partial charge in [-0.3, -0.25) is 9.78 Å². The largest absolute Gasteiger partial charge is 0.480 e. The van der Waals surface area contributed by atoms with Gasteiger partial charge in [0.15, 0.2) is 0 Å². The summed E-state index contributed by atoms with van der Waals surface area (Å²) in [5, 5.41) is 13.6. The molecule has 0 aromatic carbocycles. The Morgan fingerprint density at radius 1 is 1.43 bits per heavy atom. The fourth-order valence-corrected chi connectivity index (χ4v) is 1.73. The molecule has 0 aliphatic rings. The van der Waals surface area contributed by atoms with E-state index >= 15 is 0 Å². The molecule has 0 saturated carbocycles. The van der Waals surface area contributed by atoms with E-state index in [0.29, 0.717) is 5.69 Å². The summed E-state index contributed by atoms with van der Waals surface area (Å²) < 4.78 is 0. The molecule has 1 unspecified atom stereocenters. The number of primary amides is 1. The van der Waals surface area contributed by atoms with Crippen molar-refractivity contribution >= 4 is 17.9 Å². The average molecular weight is 294 g/mol. The standard InChI is InChI=1S/C13H18N4O4/c1-2-8-4-3-5-15-10(8)7-16-13(21)17-9(12(19)20)6-11(14)18/h3-5,9H,2,6-7H2,1H3,(H2,14,18)(H,19,20)(H2,16,17,21). The van der Waals surface area contributed by atoms with Gasteiger partial charge in [-0.25, -0.2) is 9.59 Å². The van der Waals surface area contributed by atoms with Crippen molar-refractivity contribution in [2.24, 2.45) is 5.73 Å². The second-order valence-electron chi connectivity index (χ2n) is 4.35. The number of urea groups is 1. The summed E-state index contributed by atoms with van der Waals surface area (Å²) in [6, 6.07) is 1.65. The molecule has 3 amide bonds. The van der Waals surface area contributed by atoms with Gasteiger partial charge in [-0.05, 0) is 18.1 Å². The quantitative estimate of drug-likeness (QED) is 0.551. The van der Waals surface area contributed by atoms with Crippen molar-refractivity contribution in [3.63, 3.8) is 0 Å². The van der Waals surface area contributed by atoms with Gasteiger partial charge < -0.3 is 21.5 Å². The summed E-state index contributed by atoms with van der Waals surface area (Å²) in [4.78, 5) is 37.4. The third-order valence-electron chi connectivity index (χ3n) is 2.79. The minimum Gasteiger partial charge on any atom is -0.480 e. The number of nitrogens with zero attached hydrogens (tertiary/aromatic N) is 1. The second-order valence-corrected chi connectivity index (χ2v) is 4.35. The molecule has 1 heterocycles. The number of amides is 3. The van der Waals surface area contributed by atoms with E-state index in [4.69, 9.17) is 10.8 Å². The molecule has 0 spiro atoms. The minimum absolute atomic E-state index is 0.165. The highest BCUT2D eigenvalue weighted by Gasteiger charge is 2.22. The Morgan fingerprint density at radius 3 is 2.71 bits per heavy atom. The first-order valence-electron chi connectivity index (χ1n) is 6.42. The summed E-state index contributed by atoms with van der Waals surface area (Å²) in [5.41, 5.74) is 6.62. The van der Waals surface area contributed by atoms with Crippen LogP contribution in [0.1, 0.15) is 24.6 Å². The van der Waals surface area contributed by atoms with Crippen LogP contribution in [0.3, 0.4) is 0 Å². The number of nitrogens with two attached hydrogens (primary N) is 1. The Kier molecular flexibility index (Phi) is 6.12. The van der Waals surface area contributed by atoms with Gasteiger partial charge in [-0.1, -0.05) is 13.0 Å². The van der Waals surface area contributed by atoms with Gasteiger partial charge in [-0.15, -0.1) is 0 Å². The van der Waals surface area contributed by atoms with Gasteiger partial charge in [0, 0.05) is 6.20 Å². The monoisotopic (exact) mass is 294 g/mol. The van der Waals surface area contributed by atoms with Crippen molar-refractivity contribution in [3.8, 4) is 0 Å². The molecule has 8 heteroatoms. The number of hydrogen-bond acceptors (Lipinski definition) is 4. The van der Waals surface area contributed by atoms with Crippen LogP contribution in [0, 0.1) is 0 Å². The number of aryl methyl sites for hydroxylation is 1. The molecule has 5 N–H and O–H groups in total. The van der Waals surface area contributed by atoms with E-state index in [1.165, 1.54) is 0 Å². The van der Waals surface area contributed by atoms with Gasteiger partial charge in [0.05, 0.1) is 18.7 Å². The van der Waals surface area contributed by atoms with Crippen molar-refractivity contribution < 1.29 is 19.5 Å². The molecule has 1 atom stereocenters. The zero-order valence-electron chi connectivity index (χ0n) is 11.6. The predicted molar refractivity (Wildman–Crippen MR) is 74.2 cm³/mol. The summed E-state index contributed by atoms with van der Waals surface area (Å²) >= 11 is 0. The minimum atomic E-state index is -1.35. The summed E-state index contributed by atoms with van der Waals surface area (Å²) in [6.45, 7) is 2.13. The van der Waals surface area contributed by atoms with Crippen LogP contribution in [0.25, 0.3) is 0 Å². The van der Waals surface area contributed by atoms with Gasteiger partial charge in [-0.2, -0.15) is 0 Å². The lowest BCUT2D eigenvalue weighted by molar-refractivity contribution is -0.140. The SMILES string of the molecule is CCc1cccnc1CNC(=O)NC(CC(N)=O)C(=O)O. The molecule has 21 heavy (non-hydrogen) atoms. The maximum atomic E-state index is 11.6. The van der Waals surface area contributed by atoms with Crippen molar-refractivity contribution in [2.75, 3.05) is 0 Å². The molecule has 0 saturated heterocycles. The van der Waals surface area contributed by atoms with Crippen LogP contribution in [0.2, 0.25) is 0 Å². The van der Waals surface area contributed by atoms with E-state index in [1.54, 1.807) is 12.3 Å². The fraction of sp³-hybridized carbons (Fsp3) is 0.385. The predicted octanol–water partition coefficient (Wildman–Crippen LogP) is -0.228. The van der Waals surface area contributed by atoms with Crippen LogP contribution < -0.4 is 16.4 Å². The number of carbonyl (C=O) groups is 3. The summed E-state index contributed by atoms with van der Waals surface area (Å²) in [6.07, 6.45) is 1.92. The van der Waals surface area contributed by atoms with E-state index in [1.807, 2.05) is 13.0 Å². The molecule has 114 valence electrons. The molecule has 0 radical (unpaired) electrons. The number of carbonyl (C=O) groups excluding carboxylic acids is 2. The van der Waals surface area contributed by atoms with E-state index < -0.39 is 30.4 Å². The lowest BCUT2D eigenvalue weighted by atomic mass is 10.1. The third kappa shape index (κ3) is 5.47. The van der Waals surface area contributed by atoms with E-state index in [-0.39, 0.29) is 6.54 Å². The molecule has 8 nitrogen and oxygen atoms in total. The molecule has 1 rings (SSSR count). The van der Waals surface area contributed by atoms with Gasteiger partial charge in [0.2, 0.25) is 5.91 Å². The van der Waals surface area contributed by atoms with Crippen molar-refractivity contribution in [1.82, 2.24) is 15.6 Å². The Labute approximate surface area is 121 Å². The summed E-state index contributed by atoms with van der Waals surface area (Å²) in [5.74, 6) is -2.13. The van der Waals surface area contributed by atoms with E-state index in [2.05, 4.69) is 15.6 Å². The maximum absolute atomic E-state index is 11.6. The Hall–Kier alpha value is -2.64. The van der Waals surface area contributed by atoms with Crippen LogP contribution in [0.4, 0.5) is 4.79 Å². The van der Waals surface area contributed by atoms with Crippen LogP contribution in [-0.4, -0.2) is 34.0 Å². The summed E-state index contributed by atoms with van der Waals surface area (Å²) in [7, 11) is 0. The highest BCUT2D eigenvalue weighted by Crippen LogP contribution is 2.05. The molecular formula is C13H18N4O4. The zero-order valence-corrected chi connectivity index (χ0v) is 11.6. The van der Waals surface area contributed by atoms with E-state index in [0.717, 1.165) is 12.0 Å². The highest BCUT2D eigenvalue weighted by molar-refractivity contribution is 5.87. The van der Waals surface area contributed by atoms with Crippen molar-refractivity contribution in [3.05, 3.63) is 29.6 Å². The molecule has 0 fully saturated rings. The van der Waals surface area contributed by atoms with Gasteiger partial charge in [0.1, 0.15) is 6.04 Å². The topological polar surface area (TPSA) is 134 Å². The number of aromatic nitrogens is 1. The molecular weight excluding hydrogens is 276 g/mol. The second kappa shape index (κ2) is 7.83. The van der Waals surface area contributed by atoms with Crippen molar-refractivity contribution in [2.45, 2.75) is 32.4 Å². The number of aliphatic carboxylic acids is 1. The van der Waals surface area contributed by atoms with Crippen LogP contribution in [-0.2, 0) is 22.6 Å². The first-order chi connectivity index (χ1) is 9.93. The van der Waals surface area contributed by atoms with E-state index in [9.17, 15) is 14.4 Å². The van der Waals surface area contributed by atoms with Gasteiger partial charge >= 0.3 is 12.0 Å². The van der Waals surface area contributed by atoms with Crippen LogP contribution >= 0.6 is 0 Å².